The lowest BCUT2D eigenvalue weighted by atomic mass is 10.1. The van der Waals surface area contributed by atoms with Crippen molar-refractivity contribution in [1.29, 1.82) is 0 Å². The summed E-state index contributed by atoms with van der Waals surface area (Å²) in [5, 5.41) is 3.19. The lowest BCUT2D eigenvalue weighted by Gasteiger charge is -2.21. The first-order chi connectivity index (χ1) is 5.37. The average Bonchev–Trinajstić information content (AvgIpc) is 1.97. The van der Waals surface area contributed by atoms with Crippen LogP contribution in [0.5, 0.6) is 0 Å². The van der Waals surface area contributed by atoms with Gasteiger partial charge in [0.15, 0.2) is 0 Å². The van der Waals surface area contributed by atoms with Gasteiger partial charge in [-0.1, -0.05) is 15.9 Å². The van der Waals surface area contributed by atoms with Gasteiger partial charge in [0.25, 0.3) is 0 Å². The van der Waals surface area contributed by atoms with Crippen LogP contribution in [-0.4, -0.2) is 30.0 Å². The van der Waals surface area contributed by atoms with E-state index in [1.165, 1.54) is 7.11 Å². The maximum atomic E-state index is 10.9. The topological polar surface area (TPSA) is 38.3 Å². The molecule has 0 aliphatic heterocycles. The molecule has 1 atom stereocenters. The molecule has 0 aliphatic rings. The largest absolute Gasteiger partial charge is 0.468 e. The summed E-state index contributed by atoms with van der Waals surface area (Å²) in [4.78, 5) is 10.7. The summed E-state index contributed by atoms with van der Waals surface area (Å²) in [6, 6.07) is 0. The van der Waals surface area contributed by atoms with E-state index in [2.05, 4.69) is 26.0 Å². The number of esters is 1. The Morgan fingerprint density at radius 3 is 2.42 bits per heavy atom. The molecule has 12 heavy (non-hydrogen) atoms. The van der Waals surface area contributed by atoms with E-state index in [-0.39, 0.29) is 16.3 Å². The summed E-state index contributed by atoms with van der Waals surface area (Å²) in [6.07, 6.45) is 0. The third-order valence-electron chi connectivity index (χ3n) is 1.27. The summed E-state index contributed by atoms with van der Waals surface area (Å²) < 4.78 is 4.55. The quantitative estimate of drug-likeness (QED) is 0.595. The fourth-order valence-corrected chi connectivity index (χ4v) is 0.956. The molecule has 0 spiro atoms. The normalized spacial score (nSPS) is 14.1. The van der Waals surface area contributed by atoms with Gasteiger partial charge < -0.3 is 10.1 Å². The van der Waals surface area contributed by atoms with Crippen molar-refractivity contribution in [2.24, 2.45) is 0 Å². The third-order valence-corrected chi connectivity index (χ3v) is 1.97. The van der Waals surface area contributed by atoms with Crippen molar-refractivity contribution in [3.63, 3.8) is 0 Å². The Labute approximate surface area is 82.0 Å². The fourth-order valence-electron chi connectivity index (χ4n) is 0.607. The Morgan fingerprint density at radius 1 is 1.58 bits per heavy atom. The zero-order valence-electron chi connectivity index (χ0n) is 7.98. The SMILES string of the molecule is COC(=O)C(Br)CNC(C)(C)C. The number of ether oxygens (including phenoxy) is 1. The van der Waals surface area contributed by atoms with Crippen LogP contribution in [-0.2, 0) is 9.53 Å². The number of methoxy groups -OCH3 is 1. The Kier molecular flexibility index (Phi) is 4.78. The van der Waals surface area contributed by atoms with Gasteiger partial charge in [0.2, 0.25) is 0 Å². The molecule has 0 bridgehead atoms. The van der Waals surface area contributed by atoms with E-state index in [0.29, 0.717) is 6.54 Å². The zero-order valence-corrected chi connectivity index (χ0v) is 9.56. The van der Waals surface area contributed by atoms with Gasteiger partial charge in [-0.25, -0.2) is 0 Å². The first kappa shape index (κ1) is 11.9. The van der Waals surface area contributed by atoms with Crippen LogP contribution in [0, 0.1) is 0 Å². The van der Waals surface area contributed by atoms with Crippen LogP contribution >= 0.6 is 15.9 Å². The van der Waals surface area contributed by atoms with Crippen LogP contribution < -0.4 is 5.32 Å². The van der Waals surface area contributed by atoms with Crippen molar-refractivity contribution >= 4 is 21.9 Å². The smallest absolute Gasteiger partial charge is 0.320 e. The molecule has 1 unspecified atom stereocenters. The minimum atomic E-state index is -0.262. The van der Waals surface area contributed by atoms with Crippen molar-refractivity contribution < 1.29 is 9.53 Å². The van der Waals surface area contributed by atoms with Gasteiger partial charge in [-0.15, -0.1) is 0 Å². The maximum absolute atomic E-state index is 10.9. The second-order valence-corrected chi connectivity index (χ2v) is 4.73. The summed E-state index contributed by atoms with van der Waals surface area (Å²) >= 11 is 3.22. The highest BCUT2D eigenvalue weighted by molar-refractivity contribution is 9.10. The summed E-state index contributed by atoms with van der Waals surface area (Å²) in [6.45, 7) is 6.72. The van der Waals surface area contributed by atoms with Crippen molar-refractivity contribution in [3.8, 4) is 0 Å². The molecule has 3 nitrogen and oxygen atoms in total. The molecule has 0 saturated heterocycles. The van der Waals surface area contributed by atoms with E-state index in [9.17, 15) is 4.79 Å². The number of nitrogens with one attached hydrogen (secondary N) is 1. The monoisotopic (exact) mass is 237 g/mol. The van der Waals surface area contributed by atoms with E-state index in [1.54, 1.807) is 0 Å². The van der Waals surface area contributed by atoms with Crippen molar-refractivity contribution in [3.05, 3.63) is 0 Å². The van der Waals surface area contributed by atoms with Crippen molar-refractivity contribution in [2.45, 2.75) is 31.1 Å². The molecule has 0 heterocycles. The highest BCUT2D eigenvalue weighted by Crippen LogP contribution is 2.04. The Bertz CT molecular complexity index is 154. The lowest BCUT2D eigenvalue weighted by Crippen LogP contribution is -2.41. The summed E-state index contributed by atoms with van der Waals surface area (Å²) in [7, 11) is 1.38. The molecule has 0 aromatic heterocycles. The van der Waals surface area contributed by atoms with E-state index >= 15 is 0 Å². The highest BCUT2D eigenvalue weighted by atomic mass is 79.9. The first-order valence-electron chi connectivity index (χ1n) is 3.84. The molecule has 72 valence electrons. The van der Waals surface area contributed by atoms with Gasteiger partial charge >= 0.3 is 5.97 Å². The molecule has 0 radical (unpaired) electrons. The van der Waals surface area contributed by atoms with E-state index in [1.807, 2.05) is 20.8 Å². The number of halogens is 1. The van der Waals surface area contributed by atoms with Gasteiger partial charge in [0, 0.05) is 12.1 Å². The van der Waals surface area contributed by atoms with Gasteiger partial charge in [-0.2, -0.15) is 0 Å². The van der Waals surface area contributed by atoms with Crippen LogP contribution in [0.1, 0.15) is 20.8 Å². The fraction of sp³-hybridized carbons (Fsp3) is 0.875. The second-order valence-electron chi connectivity index (χ2n) is 3.62. The number of carbonyl (C=O) groups is 1. The third kappa shape index (κ3) is 5.55. The summed E-state index contributed by atoms with van der Waals surface area (Å²) in [5.74, 6) is -0.244. The minimum absolute atomic E-state index is 0.0278. The highest BCUT2D eigenvalue weighted by Gasteiger charge is 2.17. The van der Waals surface area contributed by atoms with Crippen LogP contribution in [0.4, 0.5) is 0 Å². The van der Waals surface area contributed by atoms with Crippen LogP contribution in [0.3, 0.4) is 0 Å². The molecule has 0 aliphatic carbocycles. The maximum Gasteiger partial charge on any atom is 0.320 e. The standard InChI is InChI=1S/C8H16BrNO2/c1-8(2,3)10-5-6(9)7(11)12-4/h6,10H,5H2,1-4H3. The van der Waals surface area contributed by atoms with Crippen LogP contribution in [0.2, 0.25) is 0 Å². The number of hydrogen-bond donors (Lipinski definition) is 1. The molecule has 1 N–H and O–H groups in total. The molecule has 0 saturated carbocycles. The Hall–Kier alpha value is -0.0900. The molecule has 0 aromatic carbocycles. The van der Waals surface area contributed by atoms with Crippen LogP contribution in [0.15, 0.2) is 0 Å². The average molecular weight is 238 g/mol. The first-order valence-corrected chi connectivity index (χ1v) is 4.75. The lowest BCUT2D eigenvalue weighted by molar-refractivity contribution is -0.139. The molecule has 4 heteroatoms. The summed E-state index contributed by atoms with van der Waals surface area (Å²) in [5.41, 5.74) is 0.0278. The van der Waals surface area contributed by atoms with Crippen LogP contribution in [0.25, 0.3) is 0 Å². The molecule has 0 aromatic rings. The predicted molar refractivity (Wildman–Crippen MR) is 52.5 cm³/mol. The molecule has 0 amide bonds. The van der Waals surface area contributed by atoms with Crippen molar-refractivity contribution in [1.82, 2.24) is 5.32 Å². The van der Waals surface area contributed by atoms with Gasteiger partial charge in [-0.05, 0) is 20.8 Å². The number of carbonyl (C=O) groups excluding carboxylic acids is 1. The van der Waals surface area contributed by atoms with E-state index in [0.717, 1.165) is 0 Å². The van der Waals surface area contributed by atoms with Gasteiger partial charge in [-0.3, -0.25) is 4.79 Å². The molecule has 0 rings (SSSR count). The Balaban J connectivity index is 3.72. The number of rotatable bonds is 3. The molecule has 0 fully saturated rings. The zero-order chi connectivity index (χ0) is 9.78. The molecular formula is C8H16BrNO2. The Morgan fingerprint density at radius 2 is 2.08 bits per heavy atom. The van der Waals surface area contributed by atoms with Gasteiger partial charge in [0.1, 0.15) is 4.83 Å². The van der Waals surface area contributed by atoms with E-state index in [4.69, 9.17) is 0 Å². The van der Waals surface area contributed by atoms with Crippen molar-refractivity contribution in [2.75, 3.05) is 13.7 Å². The molecular weight excluding hydrogens is 222 g/mol. The minimum Gasteiger partial charge on any atom is -0.468 e. The van der Waals surface area contributed by atoms with Gasteiger partial charge in [0.05, 0.1) is 7.11 Å². The predicted octanol–water partition coefficient (Wildman–Crippen LogP) is 1.31. The second kappa shape index (κ2) is 4.82. The van der Waals surface area contributed by atoms with E-state index < -0.39 is 0 Å². The number of hydrogen-bond acceptors (Lipinski definition) is 3. The number of alkyl halides is 1.